The summed E-state index contributed by atoms with van der Waals surface area (Å²) in [5.74, 6) is -0.424. The van der Waals surface area contributed by atoms with E-state index in [4.69, 9.17) is 0 Å². The standard InChI is InChI=1S/C21H16FNO2S2/c22-19-12-6-4-9-17(19)15-23(27(24,25)18-10-2-1-3-11-18)21-14-16-8-5-7-13-20(16)26-21/h1-14H,15H2. The van der Waals surface area contributed by atoms with Gasteiger partial charge in [0.05, 0.1) is 11.4 Å². The van der Waals surface area contributed by atoms with E-state index in [1.54, 1.807) is 48.5 Å². The van der Waals surface area contributed by atoms with E-state index >= 15 is 0 Å². The van der Waals surface area contributed by atoms with Gasteiger partial charge in [-0.15, -0.1) is 11.3 Å². The molecule has 0 aliphatic heterocycles. The lowest BCUT2D eigenvalue weighted by Crippen LogP contribution is -2.30. The van der Waals surface area contributed by atoms with Crippen LogP contribution >= 0.6 is 11.3 Å². The van der Waals surface area contributed by atoms with E-state index in [0.29, 0.717) is 10.6 Å². The summed E-state index contributed by atoms with van der Waals surface area (Å²) in [4.78, 5) is 0.179. The first-order chi connectivity index (χ1) is 13.1. The van der Waals surface area contributed by atoms with Crippen LogP contribution in [0.3, 0.4) is 0 Å². The van der Waals surface area contributed by atoms with Gasteiger partial charge in [-0.2, -0.15) is 0 Å². The van der Waals surface area contributed by atoms with Gasteiger partial charge in [0.1, 0.15) is 10.8 Å². The Bertz CT molecular complexity index is 1150. The molecule has 0 spiro atoms. The molecule has 0 radical (unpaired) electrons. The van der Waals surface area contributed by atoms with Gasteiger partial charge in [0, 0.05) is 10.3 Å². The molecular formula is C21H16FNO2S2. The molecule has 0 amide bonds. The second-order valence-corrected chi connectivity index (χ2v) is 8.96. The first-order valence-corrected chi connectivity index (χ1v) is 10.6. The molecule has 0 aliphatic carbocycles. The number of thiophene rings is 1. The van der Waals surface area contributed by atoms with Crippen molar-refractivity contribution >= 4 is 36.4 Å². The highest BCUT2D eigenvalue weighted by molar-refractivity contribution is 7.93. The van der Waals surface area contributed by atoms with Gasteiger partial charge in [0.25, 0.3) is 10.0 Å². The van der Waals surface area contributed by atoms with Crippen molar-refractivity contribution in [1.29, 1.82) is 0 Å². The lowest BCUT2D eigenvalue weighted by molar-refractivity contribution is 0.586. The Morgan fingerprint density at radius 1 is 0.852 bits per heavy atom. The van der Waals surface area contributed by atoms with E-state index in [-0.39, 0.29) is 11.4 Å². The van der Waals surface area contributed by atoms with Crippen LogP contribution in [0.25, 0.3) is 10.1 Å². The molecule has 4 aromatic rings. The third-order valence-corrected chi connectivity index (χ3v) is 7.29. The minimum atomic E-state index is -3.84. The molecule has 0 unspecified atom stereocenters. The van der Waals surface area contributed by atoms with E-state index < -0.39 is 15.8 Å². The van der Waals surface area contributed by atoms with Crippen molar-refractivity contribution < 1.29 is 12.8 Å². The van der Waals surface area contributed by atoms with Crippen molar-refractivity contribution in [3.05, 3.63) is 96.3 Å². The fourth-order valence-electron chi connectivity index (χ4n) is 2.87. The van der Waals surface area contributed by atoms with Crippen LogP contribution < -0.4 is 4.31 Å². The highest BCUT2D eigenvalue weighted by Crippen LogP contribution is 2.36. The topological polar surface area (TPSA) is 37.4 Å². The number of hydrogen-bond donors (Lipinski definition) is 0. The van der Waals surface area contributed by atoms with Crippen molar-refractivity contribution in [2.75, 3.05) is 4.31 Å². The first kappa shape index (κ1) is 17.7. The Labute approximate surface area is 161 Å². The Balaban J connectivity index is 1.86. The van der Waals surface area contributed by atoms with Crippen molar-refractivity contribution in [2.45, 2.75) is 11.4 Å². The smallest absolute Gasteiger partial charge is 0.253 e. The van der Waals surface area contributed by atoms with Crippen molar-refractivity contribution in [3.8, 4) is 0 Å². The van der Waals surface area contributed by atoms with Gasteiger partial charge < -0.3 is 0 Å². The fourth-order valence-corrected chi connectivity index (χ4v) is 5.60. The van der Waals surface area contributed by atoms with Crippen LogP contribution in [0, 0.1) is 5.82 Å². The summed E-state index contributed by atoms with van der Waals surface area (Å²) in [5, 5.41) is 1.52. The van der Waals surface area contributed by atoms with Crippen molar-refractivity contribution in [3.63, 3.8) is 0 Å². The third-order valence-electron chi connectivity index (χ3n) is 4.26. The van der Waals surface area contributed by atoms with Crippen LogP contribution in [0.15, 0.2) is 89.8 Å². The molecule has 1 aromatic heterocycles. The predicted octanol–water partition coefficient (Wildman–Crippen LogP) is 5.44. The molecule has 27 heavy (non-hydrogen) atoms. The molecule has 6 heteroatoms. The highest BCUT2D eigenvalue weighted by atomic mass is 32.2. The SMILES string of the molecule is O=S(=O)(c1ccccc1)N(Cc1ccccc1F)c1cc2ccccc2s1. The van der Waals surface area contributed by atoms with Crippen LogP contribution in [0.2, 0.25) is 0 Å². The van der Waals surface area contributed by atoms with E-state index in [2.05, 4.69) is 0 Å². The molecule has 0 N–H and O–H groups in total. The van der Waals surface area contributed by atoms with E-state index in [9.17, 15) is 12.8 Å². The van der Waals surface area contributed by atoms with Gasteiger partial charge in [-0.05, 0) is 35.7 Å². The molecule has 4 rings (SSSR count). The average molecular weight is 397 g/mol. The van der Waals surface area contributed by atoms with Gasteiger partial charge in [-0.1, -0.05) is 54.6 Å². The Kier molecular flexibility index (Phi) is 4.68. The van der Waals surface area contributed by atoms with Crippen LogP contribution in [-0.2, 0) is 16.6 Å². The van der Waals surface area contributed by atoms with Gasteiger partial charge in [-0.3, -0.25) is 4.31 Å². The number of hydrogen-bond acceptors (Lipinski definition) is 3. The zero-order valence-corrected chi connectivity index (χ0v) is 15.9. The summed E-state index contributed by atoms with van der Waals surface area (Å²) < 4.78 is 43.2. The summed E-state index contributed by atoms with van der Waals surface area (Å²) in [6, 6.07) is 24.0. The first-order valence-electron chi connectivity index (χ1n) is 8.35. The Morgan fingerprint density at radius 3 is 2.26 bits per heavy atom. The van der Waals surface area contributed by atoms with Gasteiger partial charge >= 0.3 is 0 Å². The predicted molar refractivity (Wildman–Crippen MR) is 108 cm³/mol. The molecule has 0 fully saturated rings. The molecule has 0 aliphatic rings. The minimum Gasteiger partial charge on any atom is -0.253 e. The maximum absolute atomic E-state index is 14.2. The number of sulfonamides is 1. The second-order valence-electron chi connectivity index (χ2n) is 6.04. The molecule has 0 saturated carbocycles. The molecule has 0 atom stereocenters. The van der Waals surface area contributed by atoms with Gasteiger partial charge in [0.2, 0.25) is 0 Å². The molecule has 3 aromatic carbocycles. The number of nitrogens with zero attached hydrogens (tertiary/aromatic N) is 1. The van der Waals surface area contributed by atoms with Crippen LogP contribution in [0.4, 0.5) is 9.39 Å². The molecule has 3 nitrogen and oxygen atoms in total. The molecule has 0 bridgehead atoms. The largest absolute Gasteiger partial charge is 0.265 e. The quantitative estimate of drug-likeness (QED) is 0.450. The zero-order valence-electron chi connectivity index (χ0n) is 14.2. The Hall–Kier alpha value is -2.70. The van der Waals surface area contributed by atoms with Gasteiger partial charge in [-0.25, -0.2) is 12.8 Å². The summed E-state index contributed by atoms with van der Waals surface area (Å²) >= 11 is 1.38. The molecule has 1 heterocycles. The summed E-state index contributed by atoms with van der Waals surface area (Å²) in [6.07, 6.45) is 0. The lowest BCUT2D eigenvalue weighted by atomic mass is 10.2. The monoisotopic (exact) mass is 397 g/mol. The number of halogens is 1. The number of anilines is 1. The minimum absolute atomic E-state index is 0.0727. The molecule has 0 saturated heterocycles. The van der Waals surface area contributed by atoms with Crippen LogP contribution in [-0.4, -0.2) is 8.42 Å². The normalized spacial score (nSPS) is 11.6. The number of benzene rings is 3. The van der Waals surface area contributed by atoms with Crippen LogP contribution in [0.1, 0.15) is 5.56 Å². The number of rotatable bonds is 5. The van der Waals surface area contributed by atoms with E-state index in [1.807, 2.05) is 30.3 Å². The maximum Gasteiger partial charge on any atom is 0.265 e. The van der Waals surface area contributed by atoms with E-state index in [1.165, 1.54) is 21.7 Å². The van der Waals surface area contributed by atoms with Crippen molar-refractivity contribution in [2.24, 2.45) is 0 Å². The fraction of sp³-hybridized carbons (Fsp3) is 0.0476. The third kappa shape index (κ3) is 3.46. The molecular weight excluding hydrogens is 381 g/mol. The lowest BCUT2D eigenvalue weighted by Gasteiger charge is -2.23. The summed E-state index contributed by atoms with van der Waals surface area (Å²) in [6.45, 7) is -0.0727. The van der Waals surface area contributed by atoms with Crippen LogP contribution in [0.5, 0.6) is 0 Å². The van der Waals surface area contributed by atoms with Crippen molar-refractivity contribution in [1.82, 2.24) is 0 Å². The maximum atomic E-state index is 14.2. The zero-order chi connectivity index (χ0) is 18.9. The van der Waals surface area contributed by atoms with E-state index in [0.717, 1.165) is 10.1 Å². The summed E-state index contributed by atoms with van der Waals surface area (Å²) in [7, 11) is -3.84. The average Bonchev–Trinajstić information content (AvgIpc) is 3.11. The second kappa shape index (κ2) is 7.13. The molecule has 136 valence electrons. The number of fused-ring (bicyclic) bond motifs is 1. The van der Waals surface area contributed by atoms with Gasteiger partial charge in [0.15, 0.2) is 0 Å². The summed E-state index contributed by atoms with van der Waals surface area (Å²) in [5.41, 5.74) is 0.328. The highest BCUT2D eigenvalue weighted by Gasteiger charge is 2.27. The Morgan fingerprint density at radius 2 is 1.52 bits per heavy atom.